The Morgan fingerprint density at radius 3 is 2.45 bits per heavy atom. The van der Waals surface area contributed by atoms with Gasteiger partial charge >= 0.3 is 11.9 Å². The third kappa shape index (κ3) is 5.11. The first-order valence-electron chi connectivity index (χ1n) is 8.99. The van der Waals surface area contributed by atoms with E-state index in [1.54, 1.807) is 25.1 Å². The summed E-state index contributed by atoms with van der Waals surface area (Å²) >= 11 is 6.53. The normalized spacial score (nSPS) is 11.9. The van der Waals surface area contributed by atoms with Crippen molar-refractivity contribution in [3.8, 4) is 5.75 Å². The van der Waals surface area contributed by atoms with Gasteiger partial charge in [0.05, 0.1) is 17.7 Å². The maximum absolute atomic E-state index is 14.0. The highest BCUT2D eigenvalue weighted by Crippen LogP contribution is 2.39. The zero-order valence-electron chi connectivity index (χ0n) is 16.0. The molecule has 1 atom stereocenters. The largest absolute Gasteiger partial charge is 0.462 e. The summed E-state index contributed by atoms with van der Waals surface area (Å²) in [6.45, 7) is 0.555. The molecule has 0 spiro atoms. The summed E-state index contributed by atoms with van der Waals surface area (Å²) < 4.78 is 50.2. The lowest BCUT2D eigenvalue weighted by atomic mass is 10.1. The van der Waals surface area contributed by atoms with Gasteiger partial charge in [0.25, 0.3) is 0 Å². The fourth-order valence-corrected chi connectivity index (χ4v) is 3.66. The second-order valence-electron chi connectivity index (χ2n) is 6.06. The number of rotatable bonds is 7. The summed E-state index contributed by atoms with van der Waals surface area (Å²) in [5.74, 6) is -4.62. The van der Waals surface area contributed by atoms with Crippen molar-refractivity contribution in [1.29, 1.82) is 0 Å². The molecule has 1 unspecified atom stereocenters. The molecule has 0 aliphatic carbocycles. The van der Waals surface area contributed by atoms with Crippen molar-refractivity contribution in [3.63, 3.8) is 0 Å². The van der Waals surface area contributed by atoms with E-state index < -0.39 is 35.0 Å². The molecule has 0 aliphatic heterocycles. The number of aromatic nitrogens is 1. The van der Waals surface area contributed by atoms with Crippen LogP contribution >= 0.6 is 23.4 Å². The van der Waals surface area contributed by atoms with Crippen LogP contribution in [0.5, 0.6) is 5.75 Å². The van der Waals surface area contributed by atoms with Gasteiger partial charge in [0.1, 0.15) is 22.0 Å². The molecule has 5 nitrogen and oxygen atoms in total. The molecular weight excluding hydrogens is 455 g/mol. The van der Waals surface area contributed by atoms with Crippen molar-refractivity contribution < 1.29 is 32.2 Å². The lowest BCUT2D eigenvalue weighted by Crippen LogP contribution is -2.16. The Bertz CT molecular complexity index is 1130. The molecule has 2 aromatic carbocycles. The molecule has 0 amide bonds. The molecular formula is C21H15ClF3NO4S. The van der Waals surface area contributed by atoms with E-state index in [1.165, 1.54) is 12.1 Å². The van der Waals surface area contributed by atoms with Crippen LogP contribution in [0.15, 0.2) is 47.5 Å². The highest BCUT2D eigenvalue weighted by Gasteiger charge is 2.28. The zero-order chi connectivity index (χ0) is 22.5. The van der Waals surface area contributed by atoms with Crippen LogP contribution in [-0.4, -0.2) is 34.9 Å². The van der Waals surface area contributed by atoms with Crippen molar-refractivity contribution in [3.05, 3.63) is 65.2 Å². The molecule has 10 heteroatoms. The van der Waals surface area contributed by atoms with Crippen LogP contribution in [0.25, 0.3) is 10.9 Å². The minimum absolute atomic E-state index is 0.0295. The van der Waals surface area contributed by atoms with E-state index in [0.717, 1.165) is 12.1 Å². The third-order valence-electron chi connectivity index (χ3n) is 3.99. The first-order chi connectivity index (χ1) is 14.8. The molecule has 0 radical (unpaired) electrons. The highest BCUT2D eigenvalue weighted by atomic mass is 35.5. The molecule has 31 heavy (non-hydrogen) atoms. The fourth-order valence-electron chi connectivity index (χ4n) is 2.66. The molecule has 3 aromatic rings. The smallest absolute Gasteiger partial charge is 0.344 e. The molecule has 0 saturated carbocycles. The number of nitrogens with zero attached hydrogens (tertiary/aromatic N) is 1. The van der Waals surface area contributed by atoms with Gasteiger partial charge in [-0.1, -0.05) is 30.0 Å². The van der Waals surface area contributed by atoms with Crippen molar-refractivity contribution >= 4 is 46.2 Å². The number of alkyl halides is 2. The predicted molar refractivity (Wildman–Crippen MR) is 110 cm³/mol. The average Bonchev–Trinajstić information content (AvgIpc) is 2.75. The number of esters is 2. The number of thioether (sulfide) groups is 1. The number of hydrogen-bond donors (Lipinski definition) is 0. The van der Waals surface area contributed by atoms with Gasteiger partial charge in [0.15, 0.2) is 17.4 Å². The Balaban J connectivity index is 2.27. The third-order valence-corrected chi connectivity index (χ3v) is 5.28. The van der Waals surface area contributed by atoms with E-state index in [0.29, 0.717) is 11.8 Å². The van der Waals surface area contributed by atoms with Crippen LogP contribution in [-0.2, 0) is 4.74 Å². The summed E-state index contributed by atoms with van der Waals surface area (Å²) in [6.07, 6.45) is 0. The highest BCUT2D eigenvalue weighted by molar-refractivity contribution is 8.01. The molecule has 0 saturated heterocycles. The van der Waals surface area contributed by atoms with Crippen LogP contribution < -0.4 is 4.74 Å². The Morgan fingerprint density at radius 2 is 1.81 bits per heavy atom. The number of halogens is 4. The van der Waals surface area contributed by atoms with E-state index in [-0.39, 0.29) is 39.4 Å². The summed E-state index contributed by atoms with van der Waals surface area (Å²) in [7, 11) is 0. The monoisotopic (exact) mass is 469 g/mol. The number of hydrogen-bond acceptors (Lipinski definition) is 6. The number of benzene rings is 2. The van der Waals surface area contributed by atoms with Crippen LogP contribution in [0.3, 0.4) is 0 Å². The number of carbonyl (C=O) groups is 2. The second-order valence-corrected chi connectivity index (χ2v) is 8.04. The van der Waals surface area contributed by atoms with Gasteiger partial charge in [0, 0.05) is 11.5 Å². The minimum atomic E-state index is -1.24. The summed E-state index contributed by atoms with van der Waals surface area (Å²) in [5.41, 5.74) is -0.306. The van der Waals surface area contributed by atoms with Gasteiger partial charge in [0.2, 0.25) is 0 Å². The van der Waals surface area contributed by atoms with E-state index >= 15 is 0 Å². The zero-order valence-corrected chi connectivity index (χ0v) is 17.6. The van der Waals surface area contributed by atoms with Gasteiger partial charge in [-0.3, -0.25) is 0 Å². The van der Waals surface area contributed by atoms with Crippen molar-refractivity contribution in [2.45, 2.75) is 16.7 Å². The predicted octanol–water partition coefficient (Wildman–Crippen LogP) is 5.54. The van der Waals surface area contributed by atoms with E-state index in [1.807, 2.05) is 0 Å². The molecule has 0 N–H and O–H groups in total. The number of ether oxygens (including phenoxy) is 2. The second kappa shape index (κ2) is 10.0. The number of pyridine rings is 1. The molecule has 0 aliphatic rings. The van der Waals surface area contributed by atoms with Crippen LogP contribution in [0.4, 0.5) is 13.2 Å². The Morgan fingerprint density at radius 1 is 1.13 bits per heavy atom. The first kappa shape index (κ1) is 22.9. The maximum atomic E-state index is 14.0. The van der Waals surface area contributed by atoms with Gasteiger partial charge < -0.3 is 9.47 Å². The molecule has 1 aromatic heterocycles. The Kier molecular flexibility index (Phi) is 7.40. The molecule has 162 valence electrons. The molecule has 0 bridgehead atoms. The van der Waals surface area contributed by atoms with Gasteiger partial charge in [-0.25, -0.2) is 27.7 Å². The van der Waals surface area contributed by atoms with Gasteiger partial charge in [-0.2, -0.15) is 0 Å². The molecule has 1 heterocycles. The molecule has 3 rings (SSSR count). The van der Waals surface area contributed by atoms with Crippen LogP contribution in [0.1, 0.15) is 27.6 Å². The quantitative estimate of drug-likeness (QED) is 0.257. The summed E-state index contributed by atoms with van der Waals surface area (Å²) in [5, 5.41) is -0.285. The van der Waals surface area contributed by atoms with E-state index in [9.17, 15) is 22.8 Å². The van der Waals surface area contributed by atoms with Crippen LogP contribution in [0, 0.1) is 11.6 Å². The lowest BCUT2D eigenvalue weighted by molar-refractivity contribution is 0.0515. The van der Waals surface area contributed by atoms with Gasteiger partial charge in [-0.15, -0.1) is 11.6 Å². The molecule has 0 fully saturated rings. The minimum Gasteiger partial charge on any atom is -0.462 e. The van der Waals surface area contributed by atoms with Crippen molar-refractivity contribution in [1.82, 2.24) is 4.98 Å². The fraction of sp³-hybridized carbons (Fsp3) is 0.190. The Hall–Kier alpha value is -2.78. The van der Waals surface area contributed by atoms with Crippen LogP contribution in [0.2, 0.25) is 0 Å². The summed E-state index contributed by atoms with van der Waals surface area (Å²) in [4.78, 5) is 29.5. The topological polar surface area (TPSA) is 65.5 Å². The van der Waals surface area contributed by atoms with E-state index in [2.05, 4.69) is 4.98 Å². The lowest BCUT2D eigenvalue weighted by Gasteiger charge is -2.16. The SMILES string of the molecule is CCOC(=O)c1c(SC(Cl)CF)nc2cc(F)c(F)cc2c1OC(=O)c1ccccc1. The first-order valence-corrected chi connectivity index (χ1v) is 10.3. The maximum Gasteiger partial charge on any atom is 0.344 e. The number of carbonyl (C=O) groups excluding carboxylic acids is 2. The standard InChI is InChI=1S/C21H15ClF3NO4S/c1-2-29-21(28)17-18(30-20(27)11-6-4-3-5-7-11)12-8-13(24)14(25)9-15(12)26-19(17)31-16(22)10-23/h3-9,16H,2,10H2,1H3. The van der Waals surface area contributed by atoms with Gasteiger partial charge in [-0.05, 0) is 25.1 Å². The summed E-state index contributed by atoms with van der Waals surface area (Å²) in [6, 6.07) is 9.38. The van der Waals surface area contributed by atoms with Crippen molar-refractivity contribution in [2.75, 3.05) is 13.3 Å². The van der Waals surface area contributed by atoms with Crippen molar-refractivity contribution in [2.24, 2.45) is 0 Å². The van der Waals surface area contributed by atoms with E-state index in [4.69, 9.17) is 21.1 Å². The Labute approximate surface area is 184 Å². The number of fused-ring (bicyclic) bond motifs is 1. The average molecular weight is 470 g/mol.